The number of para-hydroxylation sites is 1. The highest BCUT2D eigenvalue weighted by atomic mass is 35.5. The van der Waals surface area contributed by atoms with Gasteiger partial charge in [-0.1, -0.05) is 35.9 Å². The Morgan fingerprint density at radius 2 is 1.87 bits per heavy atom. The largest absolute Gasteiger partial charge is 0.485 e. The van der Waals surface area contributed by atoms with E-state index in [0.29, 0.717) is 49.3 Å². The summed E-state index contributed by atoms with van der Waals surface area (Å²) < 4.78 is 24.7. The Bertz CT molecular complexity index is 1060. The Morgan fingerprint density at radius 1 is 1.10 bits per heavy atom. The summed E-state index contributed by atoms with van der Waals surface area (Å²) in [5.41, 5.74) is 1.93. The second-order valence-electron chi connectivity index (χ2n) is 7.62. The average Bonchev–Trinajstić information content (AvgIpc) is 3.24. The van der Waals surface area contributed by atoms with Crippen LogP contribution in [0.3, 0.4) is 0 Å². The number of amides is 1. The Labute approximate surface area is 186 Å². The first kappa shape index (κ1) is 21.4. The van der Waals surface area contributed by atoms with Crippen LogP contribution in [0.5, 0.6) is 5.75 Å². The fourth-order valence-electron chi connectivity index (χ4n) is 3.59. The maximum Gasteiger partial charge on any atom is 0.289 e. The maximum absolute atomic E-state index is 13.2. The van der Waals surface area contributed by atoms with E-state index in [2.05, 4.69) is 4.90 Å². The van der Waals surface area contributed by atoms with E-state index in [4.69, 9.17) is 20.8 Å². The number of carbonyl (C=O) groups excluding carboxylic acids is 1. The minimum Gasteiger partial charge on any atom is -0.485 e. The van der Waals surface area contributed by atoms with Crippen LogP contribution in [-0.2, 0) is 13.2 Å². The molecule has 1 fully saturated rings. The summed E-state index contributed by atoms with van der Waals surface area (Å²) >= 11 is 6.13. The zero-order valence-electron chi connectivity index (χ0n) is 17.3. The van der Waals surface area contributed by atoms with Crippen molar-refractivity contribution in [2.45, 2.75) is 20.1 Å². The molecule has 3 aromatic rings. The number of piperazine rings is 1. The van der Waals surface area contributed by atoms with Crippen molar-refractivity contribution in [3.8, 4) is 5.75 Å². The normalized spacial score (nSPS) is 14.6. The molecule has 0 bridgehead atoms. The molecule has 1 aliphatic heterocycles. The van der Waals surface area contributed by atoms with Crippen molar-refractivity contribution in [2.75, 3.05) is 26.2 Å². The highest BCUT2D eigenvalue weighted by Crippen LogP contribution is 2.21. The molecule has 5 nitrogen and oxygen atoms in total. The summed E-state index contributed by atoms with van der Waals surface area (Å²) in [6.07, 6.45) is 0. The minimum atomic E-state index is -0.341. The van der Waals surface area contributed by atoms with Gasteiger partial charge in [-0.25, -0.2) is 4.39 Å². The summed E-state index contributed by atoms with van der Waals surface area (Å²) in [5.74, 6) is 1.26. The van der Waals surface area contributed by atoms with Crippen LogP contribution in [0.25, 0.3) is 0 Å². The molecule has 0 unspecified atom stereocenters. The standard InChI is InChI=1S/C24H24ClFN2O3/c1-17-4-2-3-5-22(17)30-16-20-8-9-23(31-20)24(29)28-12-10-27(11-13-28)15-18-6-7-19(26)14-21(18)25/h2-9,14H,10-13,15-16H2,1H3. The molecule has 0 saturated carbocycles. The number of aryl methyl sites for hydroxylation is 1. The summed E-state index contributed by atoms with van der Waals surface area (Å²) in [6.45, 7) is 5.48. The van der Waals surface area contributed by atoms with Gasteiger partial charge in [-0.15, -0.1) is 0 Å². The molecule has 4 rings (SSSR count). The second kappa shape index (κ2) is 9.54. The van der Waals surface area contributed by atoms with Gasteiger partial charge in [0, 0.05) is 37.7 Å². The topological polar surface area (TPSA) is 45.9 Å². The predicted octanol–water partition coefficient (Wildman–Crippen LogP) is 4.92. The predicted molar refractivity (Wildman–Crippen MR) is 117 cm³/mol. The average molecular weight is 443 g/mol. The highest BCUT2D eigenvalue weighted by Gasteiger charge is 2.24. The number of hydrogen-bond donors (Lipinski definition) is 0. The van der Waals surface area contributed by atoms with Gasteiger partial charge in [0.25, 0.3) is 5.91 Å². The van der Waals surface area contributed by atoms with Crippen molar-refractivity contribution >= 4 is 17.5 Å². The highest BCUT2D eigenvalue weighted by molar-refractivity contribution is 6.31. The smallest absolute Gasteiger partial charge is 0.289 e. The first-order valence-corrected chi connectivity index (χ1v) is 10.6. The van der Waals surface area contributed by atoms with Crippen molar-refractivity contribution in [2.24, 2.45) is 0 Å². The number of carbonyl (C=O) groups is 1. The maximum atomic E-state index is 13.2. The number of furan rings is 1. The molecule has 0 aliphatic carbocycles. The van der Waals surface area contributed by atoms with Crippen LogP contribution < -0.4 is 4.74 Å². The van der Waals surface area contributed by atoms with Crippen molar-refractivity contribution in [3.63, 3.8) is 0 Å². The van der Waals surface area contributed by atoms with Crippen molar-refractivity contribution in [1.82, 2.24) is 9.80 Å². The molecule has 2 aromatic carbocycles. The van der Waals surface area contributed by atoms with Gasteiger partial charge < -0.3 is 14.1 Å². The van der Waals surface area contributed by atoms with E-state index in [1.54, 1.807) is 23.1 Å². The molecule has 0 radical (unpaired) electrons. The Balaban J connectivity index is 1.29. The first-order chi connectivity index (χ1) is 15.0. The summed E-state index contributed by atoms with van der Waals surface area (Å²) in [5, 5.41) is 0.425. The number of rotatable bonds is 6. The molecule has 0 atom stereocenters. The number of ether oxygens (including phenoxy) is 1. The van der Waals surface area contributed by atoms with Crippen molar-refractivity contribution in [3.05, 3.63) is 88.1 Å². The molecule has 0 N–H and O–H groups in total. The molecule has 1 aliphatic rings. The number of nitrogens with zero attached hydrogens (tertiary/aromatic N) is 2. The second-order valence-corrected chi connectivity index (χ2v) is 8.03. The molecule has 31 heavy (non-hydrogen) atoms. The summed E-state index contributed by atoms with van der Waals surface area (Å²) in [4.78, 5) is 16.8. The Morgan fingerprint density at radius 3 is 2.61 bits per heavy atom. The zero-order chi connectivity index (χ0) is 21.8. The molecule has 2 heterocycles. The van der Waals surface area contributed by atoms with Gasteiger partial charge in [-0.3, -0.25) is 9.69 Å². The fraction of sp³-hybridized carbons (Fsp3) is 0.292. The quantitative estimate of drug-likeness (QED) is 0.543. The third-order valence-electron chi connectivity index (χ3n) is 5.40. The lowest BCUT2D eigenvalue weighted by Gasteiger charge is -2.34. The monoisotopic (exact) mass is 442 g/mol. The van der Waals surface area contributed by atoms with Crippen LogP contribution >= 0.6 is 11.6 Å². The van der Waals surface area contributed by atoms with Crippen LogP contribution in [0, 0.1) is 12.7 Å². The molecular weight excluding hydrogens is 419 g/mol. The SMILES string of the molecule is Cc1ccccc1OCc1ccc(C(=O)N2CCN(Cc3ccc(F)cc3Cl)CC2)o1. The van der Waals surface area contributed by atoms with E-state index in [1.807, 2.05) is 31.2 Å². The van der Waals surface area contributed by atoms with Gasteiger partial charge in [0.1, 0.15) is 23.9 Å². The summed E-state index contributed by atoms with van der Waals surface area (Å²) in [6, 6.07) is 15.7. The third-order valence-corrected chi connectivity index (χ3v) is 5.76. The molecule has 1 saturated heterocycles. The third kappa shape index (κ3) is 5.27. The van der Waals surface area contributed by atoms with Gasteiger partial charge in [0.05, 0.1) is 0 Å². The molecule has 162 valence electrons. The van der Waals surface area contributed by atoms with E-state index in [-0.39, 0.29) is 18.3 Å². The molecule has 1 amide bonds. The van der Waals surface area contributed by atoms with E-state index >= 15 is 0 Å². The van der Waals surface area contributed by atoms with Crippen LogP contribution in [0.1, 0.15) is 27.4 Å². The Hall–Kier alpha value is -2.83. The van der Waals surface area contributed by atoms with Crippen LogP contribution in [-0.4, -0.2) is 41.9 Å². The first-order valence-electron chi connectivity index (χ1n) is 10.2. The van der Waals surface area contributed by atoms with E-state index in [0.717, 1.165) is 16.9 Å². The molecule has 1 aromatic heterocycles. The van der Waals surface area contributed by atoms with Gasteiger partial charge in [0.2, 0.25) is 0 Å². The van der Waals surface area contributed by atoms with Crippen molar-refractivity contribution in [1.29, 1.82) is 0 Å². The minimum absolute atomic E-state index is 0.124. The molecular formula is C24H24ClFN2O3. The van der Waals surface area contributed by atoms with Crippen LogP contribution in [0.4, 0.5) is 4.39 Å². The fourth-order valence-corrected chi connectivity index (χ4v) is 3.82. The lowest BCUT2D eigenvalue weighted by atomic mass is 10.2. The Kier molecular flexibility index (Phi) is 6.59. The van der Waals surface area contributed by atoms with E-state index in [1.165, 1.54) is 12.1 Å². The van der Waals surface area contributed by atoms with Gasteiger partial charge in [-0.2, -0.15) is 0 Å². The van der Waals surface area contributed by atoms with Crippen LogP contribution in [0.15, 0.2) is 59.0 Å². The van der Waals surface area contributed by atoms with Gasteiger partial charge in [0.15, 0.2) is 5.76 Å². The zero-order valence-corrected chi connectivity index (χ0v) is 18.1. The number of halogens is 2. The van der Waals surface area contributed by atoms with Gasteiger partial charge in [-0.05, 0) is 48.4 Å². The lowest BCUT2D eigenvalue weighted by Crippen LogP contribution is -2.48. The van der Waals surface area contributed by atoms with Crippen LogP contribution in [0.2, 0.25) is 5.02 Å². The number of hydrogen-bond acceptors (Lipinski definition) is 4. The van der Waals surface area contributed by atoms with E-state index in [9.17, 15) is 9.18 Å². The lowest BCUT2D eigenvalue weighted by molar-refractivity contribution is 0.0594. The molecule has 0 spiro atoms. The van der Waals surface area contributed by atoms with E-state index < -0.39 is 0 Å². The van der Waals surface area contributed by atoms with Crippen molar-refractivity contribution < 1.29 is 18.3 Å². The van der Waals surface area contributed by atoms with Gasteiger partial charge >= 0.3 is 0 Å². The summed E-state index contributed by atoms with van der Waals surface area (Å²) in [7, 11) is 0. The number of benzene rings is 2. The molecule has 7 heteroatoms.